The lowest BCUT2D eigenvalue weighted by atomic mass is 10.0. The highest BCUT2D eigenvalue weighted by atomic mass is 16.3. The van der Waals surface area contributed by atoms with Gasteiger partial charge >= 0.3 is 0 Å². The zero-order valence-electron chi connectivity index (χ0n) is 10.1. The van der Waals surface area contributed by atoms with Crippen LogP contribution in [0.15, 0.2) is 30.9 Å². The van der Waals surface area contributed by atoms with Crippen LogP contribution in [0.5, 0.6) is 5.75 Å². The number of phenols is 1. The summed E-state index contributed by atoms with van der Waals surface area (Å²) in [6.45, 7) is 3.56. The van der Waals surface area contributed by atoms with Crippen LogP contribution in [0.25, 0.3) is 0 Å². The lowest BCUT2D eigenvalue weighted by molar-refractivity contribution is 0.102. The summed E-state index contributed by atoms with van der Waals surface area (Å²) in [5.74, 6) is -0.0793. The number of phenolic OH excluding ortho intramolecular Hbond substituents is 1. The third-order valence-corrected chi connectivity index (χ3v) is 2.56. The maximum Gasteiger partial charge on any atom is 0.256 e. The molecule has 1 aromatic carbocycles. The molecule has 2 N–H and O–H groups in total. The Labute approximate surface area is 105 Å². The van der Waals surface area contributed by atoms with Crippen LogP contribution in [0.3, 0.4) is 0 Å². The summed E-state index contributed by atoms with van der Waals surface area (Å²) < 4.78 is 0. The quantitative estimate of drug-likeness (QED) is 0.846. The van der Waals surface area contributed by atoms with E-state index in [0.717, 1.165) is 11.1 Å². The van der Waals surface area contributed by atoms with E-state index >= 15 is 0 Å². The molecule has 2 rings (SSSR count). The summed E-state index contributed by atoms with van der Waals surface area (Å²) in [6.07, 6.45) is 4.44. The van der Waals surface area contributed by atoms with E-state index < -0.39 is 0 Å². The van der Waals surface area contributed by atoms with Crippen LogP contribution in [0.4, 0.5) is 5.69 Å². The van der Waals surface area contributed by atoms with Crippen molar-refractivity contribution in [2.24, 2.45) is 0 Å². The highest BCUT2D eigenvalue weighted by Gasteiger charge is 2.13. The normalized spacial score (nSPS) is 10.1. The summed E-state index contributed by atoms with van der Waals surface area (Å²) in [7, 11) is 0. The Bertz CT molecular complexity index is 559. The highest BCUT2D eigenvalue weighted by molar-refractivity contribution is 6.06. The molecular weight excluding hydrogens is 230 g/mol. The third-order valence-electron chi connectivity index (χ3n) is 2.56. The van der Waals surface area contributed by atoms with E-state index in [1.165, 1.54) is 18.7 Å². The summed E-state index contributed by atoms with van der Waals surface area (Å²) in [5.41, 5.74) is 2.54. The van der Waals surface area contributed by atoms with Gasteiger partial charge in [-0.1, -0.05) is 0 Å². The van der Waals surface area contributed by atoms with Gasteiger partial charge in [-0.25, -0.2) is 9.97 Å². The monoisotopic (exact) mass is 243 g/mol. The number of aromatic hydroxyl groups is 1. The van der Waals surface area contributed by atoms with Crippen molar-refractivity contribution in [1.82, 2.24) is 9.97 Å². The Morgan fingerprint density at radius 1 is 1.17 bits per heavy atom. The van der Waals surface area contributed by atoms with Gasteiger partial charge in [-0.3, -0.25) is 4.79 Å². The van der Waals surface area contributed by atoms with Crippen LogP contribution in [0, 0.1) is 13.8 Å². The van der Waals surface area contributed by atoms with Crippen molar-refractivity contribution in [2.45, 2.75) is 13.8 Å². The highest BCUT2D eigenvalue weighted by Crippen LogP contribution is 2.21. The van der Waals surface area contributed by atoms with Crippen molar-refractivity contribution in [3.63, 3.8) is 0 Å². The molecule has 0 aliphatic carbocycles. The van der Waals surface area contributed by atoms with Crippen LogP contribution in [0.2, 0.25) is 0 Å². The van der Waals surface area contributed by atoms with Gasteiger partial charge in [0.15, 0.2) is 0 Å². The Morgan fingerprint density at radius 3 is 2.28 bits per heavy atom. The van der Waals surface area contributed by atoms with Crippen molar-refractivity contribution in [3.8, 4) is 5.75 Å². The second-order valence-corrected chi connectivity index (χ2v) is 4.04. The molecule has 0 fully saturated rings. The molecule has 1 aromatic heterocycles. The van der Waals surface area contributed by atoms with Gasteiger partial charge in [0, 0.05) is 5.56 Å². The minimum atomic E-state index is -0.236. The lowest BCUT2D eigenvalue weighted by Gasteiger charge is -2.10. The van der Waals surface area contributed by atoms with E-state index in [-0.39, 0.29) is 11.7 Å². The number of carbonyl (C=O) groups is 1. The number of carbonyl (C=O) groups excluding carboxylic acids is 1. The summed E-state index contributed by atoms with van der Waals surface area (Å²) in [5, 5.41) is 12.2. The van der Waals surface area contributed by atoms with Crippen LogP contribution >= 0.6 is 0 Å². The molecule has 5 heteroatoms. The lowest BCUT2D eigenvalue weighted by Crippen LogP contribution is -2.15. The van der Waals surface area contributed by atoms with E-state index in [0.29, 0.717) is 11.3 Å². The predicted octanol–water partition coefficient (Wildman–Crippen LogP) is 2.05. The number of hydrogen-bond acceptors (Lipinski definition) is 4. The maximum absolute atomic E-state index is 12.1. The largest absolute Gasteiger partial charge is 0.508 e. The molecular formula is C13H13N3O2. The first-order valence-corrected chi connectivity index (χ1v) is 5.44. The first-order valence-electron chi connectivity index (χ1n) is 5.44. The van der Waals surface area contributed by atoms with Crippen LogP contribution < -0.4 is 5.32 Å². The van der Waals surface area contributed by atoms with Gasteiger partial charge in [-0.2, -0.15) is 0 Å². The summed E-state index contributed by atoms with van der Waals surface area (Å²) in [4.78, 5) is 19.8. The summed E-state index contributed by atoms with van der Waals surface area (Å²) >= 11 is 0. The number of rotatable bonds is 2. The molecule has 0 unspecified atom stereocenters. The molecule has 18 heavy (non-hydrogen) atoms. The van der Waals surface area contributed by atoms with E-state index in [9.17, 15) is 9.90 Å². The zero-order valence-corrected chi connectivity index (χ0v) is 10.1. The number of amides is 1. The molecule has 1 amide bonds. The van der Waals surface area contributed by atoms with E-state index in [1.807, 2.05) is 0 Å². The molecule has 92 valence electrons. The number of benzene rings is 1. The third kappa shape index (κ3) is 2.45. The van der Waals surface area contributed by atoms with Gasteiger partial charge in [0.1, 0.15) is 12.1 Å². The van der Waals surface area contributed by atoms with Crippen molar-refractivity contribution in [1.29, 1.82) is 0 Å². The Balaban J connectivity index is 2.30. The molecule has 0 saturated heterocycles. The number of aryl methyl sites for hydroxylation is 2. The fourth-order valence-electron chi connectivity index (χ4n) is 1.86. The molecule has 0 spiro atoms. The Hall–Kier alpha value is -2.43. The van der Waals surface area contributed by atoms with E-state index in [2.05, 4.69) is 15.3 Å². The van der Waals surface area contributed by atoms with Gasteiger partial charge in [0.05, 0.1) is 18.1 Å². The average molecular weight is 243 g/mol. The average Bonchev–Trinajstić information content (AvgIpc) is 2.28. The fourth-order valence-corrected chi connectivity index (χ4v) is 1.86. The first-order chi connectivity index (χ1) is 8.58. The van der Waals surface area contributed by atoms with Crippen molar-refractivity contribution < 1.29 is 9.90 Å². The minimum absolute atomic E-state index is 0.157. The van der Waals surface area contributed by atoms with Gasteiger partial charge < -0.3 is 10.4 Å². The van der Waals surface area contributed by atoms with Gasteiger partial charge in [-0.05, 0) is 37.1 Å². The maximum atomic E-state index is 12.1. The van der Waals surface area contributed by atoms with Gasteiger partial charge in [0.2, 0.25) is 0 Å². The standard InChI is InChI=1S/C13H13N3O2/c1-8-3-11(17)4-9(2)12(8)13(18)16-10-5-14-7-15-6-10/h3-7,17H,1-2H3,(H,16,18). The second kappa shape index (κ2) is 4.83. The molecule has 0 radical (unpaired) electrons. The molecule has 5 nitrogen and oxygen atoms in total. The molecule has 0 bridgehead atoms. The van der Waals surface area contributed by atoms with Crippen LogP contribution in [-0.4, -0.2) is 21.0 Å². The molecule has 0 aliphatic rings. The SMILES string of the molecule is Cc1cc(O)cc(C)c1C(=O)Nc1cncnc1. The fraction of sp³-hybridized carbons (Fsp3) is 0.154. The molecule has 0 saturated carbocycles. The topological polar surface area (TPSA) is 75.1 Å². The molecule has 0 aliphatic heterocycles. The second-order valence-electron chi connectivity index (χ2n) is 4.04. The number of aromatic nitrogens is 2. The molecule has 2 aromatic rings. The molecule has 1 heterocycles. The van der Waals surface area contributed by atoms with Crippen LogP contribution in [0.1, 0.15) is 21.5 Å². The summed E-state index contributed by atoms with van der Waals surface area (Å²) in [6, 6.07) is 3.12. The number of nitrogens with one attached hydrogen (secondary N) is 1. The Kier molecular flexibility index (Phi) is 3.23. The van der Waals surface area contributed by atoms with Gasteiger partial charge in [0.25, 0.3) is 5.91 Å². The van der Waals surface area contributed by atoms with Crippen molar-refractivity contribution >= 4 is 11.6 Å². The van der Waals surface area contributed by atoms with Crippen LogP contribution in [-0.2, 0) is 0 Å². The number of hydrogen-bond donors (Lipinski definition) is 2. The smallest absolute Gasteiger partial charge is 0.256 e. The van der Waals surface area contributed by atoms with E-state index in [1.54, 1.807) is 26.0 Å². The van der Waals surface area contributed by atoms with Crippen molar-refractivity contribution in [3.05, 3.63) is 47.5 Å². The van der Waals surface area contributed by atoms with E-state index in [4.69, 9.17) is 0 Å². The van der Waals surface area contributed by atoms with Crippen molar-refractivity contribution in [2.75, 3.05) is 5.32 Å². The molecule has 0 atom stereocenters. The minimum Gasteiger partial charge on any atom is -0.508 e. The number of nitrogens with zero attached hydrogens (tertiary/aromatic N) is 2. The first kappa shape index (κ1) is 12.0. The predicted molar refractivity (Wildman–Crippen MR) is 67.6 cm³/mol. The number of anilines is 1. The Morgan fingerprint density at radius 2 is 1.72 bits per heavy atom. The van der Waals surface area contributed by atoms with Gasteiger partial charge in [-0.15, -0.1) is 0 Å². The zero-order chi connectivity index (χ0) is 13.1.